The highest BCUT2D eigenvalue weighted by Crippen LogP contribution is 2.34. The Labute approximate surface area is 156 Å². The van der Waals surface area contributed by atoms with Crippen molar-refractivity contribution in [1.82, 2.24) is 9.91 Å². The molecule has 0 aromatic carbocycles. The van der Waals surface area contributed by atoms with Gasteiger partial charge in [-0.2, -0.15) is 5.01 Å². The van der Waals surface area contributed by atoms with E-state index in [4.69, 9.17) is 21.1 Å². The van der Waals surface area contributed by atoms with E-state index in [2.05, 4.69) is 5.29 Å². The minimum Gasteiger partial charge on any atom is -0.394 e. The molecule has 152 valence electrons. The predicted molar refractivity (Wildman–Crippen MR) is 90.0 cm³/mol. The number of carbonyl (C=O) groups is 1. The first-order valence-corrected chi connectivity index (χ1v) is 8.72. The highest BCUT2D eigenvalue weighted by Gasteiger charge is 2.60. The zero-order valence-corrected chi connectivity index (χ0v) is 15.4. The van der Waals surface area contributed by atoms with Crippen LogP contribution in [0.5, 0.6) is 0 Å². The quantitative estimate of drug-likeness (QED) is 0.170. The first-order valence-electron chi connectivity index (χ1n) is 8.19. The molecule has 12 heteroatoms. The van der Waals surface area contributed by atoms with E-state index in [-0.39, 0.29) is 19.0 Å². The van der Waals surface area contributed by atoms with Crippen molar-refractivity contribution in [2.75, 3.05) is 32.7 Å². The standard InChI is InChI=1S/C14H26ClN3O8/c1-3-4-6-17(13(22)18(16-24)7-5-15)14(23)11(21)10(20)9(8-19)26-12(14)25-2/h9-12,19-21,23H,3-8H2,1-2H3/t9-,10-,11+,12+,14+/m1/s1. The lowest BCUT2D eigenvalue weighted by molar-refractivity contribution is -0.368. The number of urea groups is 1. The number of halogens is 1. The van der Waals surface area contributed by atoms with Crippen LogP contribution in [-0.2, 0) is 9.47 Å². The van der Waals surface area contributed by atoms with Crippen molar-refractivity contribution in [2.45, 2.75) is 50.1 Å². The van der Waals surface area contributed by atoms with Crippen LogP contribution in [0.15, 0.2) is 5.29 Å². The van der Waals surface area contributed by atoms with Gasteiger partial charge in [0.05, 0.1) is 18.4 Å². The maximum absolute atomic E-state index is 12.7. The molecule has 26 heavy (non-hydrogen) atoms. The number of nitrogens with zero attached hydrogens (tertiary/aromatic N) is 3. The van der Waals surface area contributed by atoms with Gasteiger partial charge in [0.1, 0.15) is 18.3 Å². The lowest BCUT2D eigenvalue weighted by Gasteiger charge is -2.52. The van der Waals surface area contributed by atoms with Crippen LogP contribution in [0, 0.1) is 4.91 Å². The van der Waals surface area contributed by atoms with Crippen LogP contribution in [0.25, 0.3) is 0 Å². The third kappa shape index (κ3) is 4.42. The maximum atomic E-state index is 12.7. The summed E-state index contributed by atoms with van der Waals surface area (Å²) in [6, 6.07) is -1.03. The van der Waals surface area contributed by atoms with Gasteiger partial charge in [-0.3, -0.25) is 4.90 Å². The number of nitroso groups, excluding NO2 is 1. The van der Waals surface area contributed by atoms with E-state index in [0.29, 0.717) is 17.9 Å². The molecule has 11 nitrogen and oxygen atoms in total. The van der Waals surface area contributed by atoms with Crippen LogP contribution in [0.1, 0.15) is 19.8 Å². The molecule has 4 N–H and O–H groups in total. The number of hydrogen-bond acceptors (Lipinski definition) is 9. The molecule has 0 unspecified atom stereocenters. The Morgan fingerprint density at radius 3 is 2.50 bits per heavy atom. The normalized spacial score (nSPS) is 31.5. The molecule has 1 saturated heterocycles. The Morgan fingerprint density at radius 1 is 1.38 bits per heavy atom. The number of carbonyl (C=O) groups excluding carboxylic acids is 1. The molecule has 1 aliphatic rings. The Hall–Kier alpha value is -1.08. The topological polar surface area (TPSA) is 152 Å². The minimum atomic E-state index is -2.53. The number of aliphatic hydroxyl groups is 4. The number of unbranched alkanes of at least 4 members (excludes halogenated alkanes) is 1. The summed E-state index contributed by atoms with van der Waals surface area (Å²) >= 11 is 5.55. The molecule has 2 amide bonds. The average Bonchev–Trinajstić information content (AvgIpc) is 2.64. The molecule has 0 radical (unpaired) electrons. The van der Waals surface area contributed by atoms with Crippen molar-refractivity contribution in [3.05, 3.63) is 4.91 Å². The zero-order valence-electron chi connectivity index (χ0n) is 14.7. The molecule has 0 spiro atoms. The number of ether oxygens (including phenoxy) is 2. The van der Waals surface area contributed by atoms with Gasteiger partial charge in [0, 0.05) is 19.5 Å². The molecule has 1 aliphatic heterocycles. The molecule has 0 saturated carbocycles. The number of hydrogen-bond donors (Lipinski definition) is 4. The fourth-order valence-corrected chi connectivity index (χ4v) is 2.90. The van der Waals surface area contributed by atoms with E-state index in [0.717, 1.165) is 12.0 Å². The SMILES string of the molecule is CCCCN(C(=O)N(CCCl)N=O)[C@@]1(O)[C@@H](OC)O[C@H](CO)[C@@H](O)[C@@H]1O. The second kappa shape index (κ2) is 10.3. The highest BCUT2D eigenvalue weighted by molar-refractivity contribution is 6.18. The lowest BCUT2D eigenvalue weighted by atomic mass is 9.91. The van der Waals surface area contributed by atoms with Crippen molar-refractivity contribution in [3.63, 3.8) is 0 Å². The second-order valence-corrected chi connectivity index (χ2v) is 6.20. The van der Waals surface area contributed by atoms with E-state index in [1.54, 1.807) is 0 Å². The third-order valence-corrected chi connectivity index (χ3v) is 4.36. The van der Waals surface area contributed by atoms with E-state index in [1.807, 2.05) is 6.92 Å². The van der Waals surface area contributed by atoms with Gasteiger partial charge in [-0.25, -0.2) is 4.79 Å². The van der Waals surface area contributed by atoms with E-state index >= 15 is 0 Å². The Morgan fingerprint density at radius 2 is 2.04 bits per heavy atom. The molecule has 1 heterocycles. The molecule has 0 bridgehead atoms. The highest BCUT2D eigenvalue weighted by atomic mass is 35.5. The van der Waals surface area contributed by atoms with Crippen LogP contribution in [0.4, 0.5) is 4.79 Å². The van der Waals surface area contributed by atoms with Crippen molar-refractivity contribution in [3.8, 4) is 0 Å². The third-order valence-electron chi connectivity index (χ3n) is 4.19. The summed E-state index contributed by atoms with van der Waals surface area (Å²) in [4.78, 5) is 24.5. The Bertz CT molecular complexity index is 469. The molecule has 0 aromatic heterocycles. The van der Waals surface area contributed by atoms with Crippen LogP contribution < -0.4 is 0 Å². The fourth-order valence-electron chi connectivity index (χ4n) is 2.74. The molecule has 1 rings (SSSR count). The summed E-state index contributed by atoms with van der Waals surface area (Å²) in [6.07, 6.45) is -5.45. The van der Waals surface area contributed by atoms with Crippen molar-refractivity contribution >= 4 is 17.6 Å². The maximum Gasteiger partial charge on any atom is 0.345 e. The Balaban J connectivity index is 3.30. The summed E-state index contributed by atoms with van der Waals surface area (Å²) in [7, 11) is 1.16. The molecular formula is C14H26ClN3O8. The molecule has 1 fully saturated rings. The summed E-state index contributed by atoms with van der Waals surface area (Å²) < 4.78 is 10.3. The molecule has 0 aliphatic carbocycles. The summed E-state index contributed by atoms with van der Waals surface area (Å²) in [5, 5.41) is 44.1. The smallest absolute Gasteiger partial charge is 0.345 e. The van der Waals surface area contributed by atoms with Gasteiger partial charge in [-0.1, -0.05) is 13.3 Å². The Kier molecular flexibility index (Phi) is 9.10. The van der Waals surface area contributed by atoms with Gasteiger partial charge < -0.3 is 29.9 Å². The molecule has 5 atom stereocenters. The average molecular weight is 400 g/mol. The monoisotopic (exact) mass is 399 g/mol. The van der Waals surface area contributed by atoms with Crippen LogP contribution in [-0.4, -0.2) is 99.4 Å². The van der Waals surface area contributed by atoms with Crippen LogP contribution in [0.3, 0.4) is 0 Å². The molecular weight excluding hydrogens is 374 g/mol. The lowest BCUT2D eigenvalue weighted by Crippen LogP contribution is -2.75. The number of rotatable bonds is 9. The summed E-state index contributed by atoms with van der Waals surface area (Å²) in [6.45, 7) is 0.876. The summed E-state index contributed by atoms with van der Waals surface area (Å²) in [5.74, 6) is -0.0838. The summed E-state index contributed by atoms with van der Waals surface area (Å²) in [5.41, 5.74) is -2.53. The zero-order chi connectivity index (χ0) is 19.9. The van der Waals surface area contributed by atoms with Crippen LogP contribution >= 0.6 is 11.6 Å². The van der Waals surface area contributed by atoms with Crippen LogP contribution in [0.2, 0.25) is 0 Å². The van der Waals surface area contributed by atoms with E-state index in [1.165, 1.54) is 0 Å². The number of amides is 2. The van der Waals surface area contributed by atoms with Gasteiger partial charge in [0.2, 0.25) is 12.0 Å². The second-order valence-electron chi connectivity index (χ2n) is 5.82. The van der Waals surface area contributed by atoms with E-state index < -0.39 is 43.0 Å². The largest absolute Gasteiger partial charge is 0.394 e. The fraction of sp³-hybridized carbons (Fsp3) is 0.929. The predicted octanol–water partition coefficient (Wildman–Crippen LogP) is -0.795. The minimum absolute atomic E-state index is 0.0838. The van der Waals surface area contributed by atoms with Gasteiger partial charge in [-0.15, -0.1) is 16.5 Å². The first-order chi connectivity index (χ1) is 12.3. The van der Waals surface area contributed by atoms with Gasteiger partial charge in [-0.05, 0) is 6.42 Å². The number of aliphatic hydroxyl groups excluding tert-OH is 3. The van der Waals surface area contributed by atoms with Gasteiger partial charge in [0.25, 0.3) is 0 Å². The van der Waals surface area contributed by atoms with E-state index in [9.17, 15) is 30.1 Å². The van der Waals surface area contributed by atoms with Crippen molar-refractivity contribution < 1.29 is 34.7 Å². The number of methoxy groups -OCH3 is 1. The molecule has 0 aromatic rings. The first kappa shape index (κ1) is 23.0. The van der Waals surface area contributed by atoms with Gasteiger partial charge in [0.15, 0.2) is 0 Å². The number of alkyl halides is 1. The van der Waals surface area contributed by atoms with Crippen molar-refractivity contribution in [2.24, 2.45) is 5.29 Å². The van der Waals surface area contributed by atoms with Gasteiger partial charge >= 0.3 is 6.03 Å². The van der Waals surface area contributed by atoms with Crippen molar-refractivity contribution in [1.29, 1.82) is 0 Å².